The first kappa shape index (κ1) is 41.9. The van der Waals surface area contributed by atoms with Crippen LogP contribution in [-0.2, 0) is 49.4 Å². The van der Waals surface area contributed by atoms with Crippen LogP contribution >= 0.6 is 0 Å². The lowest BCUT2D eigenvalue weighted by molar-refractivity contribution is -0.757. The molecule has 4 fully saturated rings. The van der Waals surface area contributed by atoms with Gasteiger partial charge in [-0.25, -0.2) is 9.59 Å². The molecular formula is C41H52N2O14. The number of allylic oxidation sites excluding steroid dienone is 4. The zero-order valence-corrected chi connectivity index (χ0v) is 32.8. The number of nitrogens with zero attached hydrogens (tertiary/aromatic N) is 1. The van der Waals surface area contributed by atoms with E-state index >= 15 is 0 Å². The van der Waals surface area contributed by atoms with E-state index in [1.807, 2.05) is 19.9 Å². The molecule has 1 aromatic rings. The first-order chi connectivity index (χ1) is 27.1. The average molecular weight is 797 g/mol. The summed E-state index contributed by atoms with van der Waals surface area (Å²) in [5, 5.41) is 23.9. The van der Waals surface area contributed by atoms with Crippen molar-refractivity contribution >= 4 is 29.6 Å². The summed E-state index contributed by atoms with van der Waals surface area (Å²) < 4.78 is 29.1. The topological polar surface area (TPSA) is 216 Å². The summed E-state index contributed by atoms with van der Waals surface area (Å²) in [6.07, 6.45) is 6.42. The number of hydrogen-bond donors (Lipinski definition) is 2. The number of Topliss-reactive ketones (excluding diaryl/α,β-unsaturated/α-hetero) is 1. The van der Waals surface area contributed by atoms with E-state index < -0.39 is 76.5 Å². The summed E-state index contributed by atoms with van der Waals surface area (Å²) >= 11 is 0. The van der Waals surface area contributed by atoms with Crippen LogP contribution in [0.2, 0.25) is 0 Å². The predicted octanol–water partition coefficient (Wildman–Crippen LogP) is 4.52. The van der Waals surface area contributed by atoms with Gasteiger partial charge in [0.25, 0.3) is 5.09 Å². The van der Waals surface area contributed by atoms with E-state index in [4.69, 9.17) is 23.7 Å². The average Bonchev–Trinajstić information content (AvgIpc) is 3.64. The maximum Gasteiger partial charge on any atom is 0.514 e. The number of ether oxygens (including phenoxy) is 5. The summed E-state index contributed by atoms with van der Waals surface area (Å²) in [5.41, 5.74) is -1.13. The minimum atomic E-state index is -1.46. The lowest BCUT2D eigenvalue weighted by Crippen LogP contribution is -2.63. The first-order valence-electron chi connectivity index (χ1n) is 19.7. The molecule has 0 aromatic heterocycles. The Labute approximate surface area is 330 Å². The number of esters is 1. The highest BCUT2D eigenvalue weighted by molar-refractivity contribution is 6.01. The van der Waals surface area contributed by atoms with Crippen molar-refractivity contribution in [3.05, 3.63) is 63.7 Å². The van der Waals surface area contributed by atoms with Crippen molar-refractivity contribution in [1.82, 2.24) is 5.32 Å². The Morgan fingerprint density at radius 3 is 2.54 bits per heavy atom. The highest BCUT2D eigenvalue weighted by Crippen LogP contribution is 2.69. The van der Waals surface area contributed by atoms with Crippen molar-refractivity contribution in [3.63, 3.8) is 0 Å². The molecule has 1 saturated heterocycles. The molecule has 16 nitrogen and oxygen atoms in total. The molecule has 16 heteroatoms. The predicted molar refractivity (Wildman–Crippen MR) is 199 cm³/mol. The number of nitrogens with one attached hydrogen (secondary N) is 1. The Morgan fingerprint density at radius 2 is 1.84 bits per heavy atom. The van der Waals surface area contributed by atoms with E-state index in [0.717, 1.165) is 18.4 Å². The molecule has 0 bridgehead atoms. The molecule has 5 aliphatic rings. The summed E-state index contributed by atoms with van der Waals surface area (Å²) in [6.45, 7) is 6.56. The Bertz CT molecular complexity index is 1790. The fraction of sp³-hybridized carbons (Fsp3) is 0.634. The van der Waals surface area contributed by atoms with E-state index in [1.165, 1.54) is 19.1 Å². The number of hydrogen-bond acceptors (Lipinski definition) is 14. The molecule has 6 rings (SSSR count). The third-order valence-electron chi connectivity index (χ3n) is 12.8. The van der Waals surface area contributed by atoms with E-state index in [-0.39, 0.29) is 55.3 Å². The van der Waals surface area contributed by atoms with Gasteiger partial charge < -0.3 is 38.9 Å². The van der Waals surface area contributed by atoms with Crippen molar-refractivity contribution in [2.45, 2.75) is 116 Å². The van der Waals surface area contributed by atoms with Crippen molar-refractivity contribution < 1.29 is 62.7 Å². The summed E-state index contributed by atoms with van der Waals surface area (Å²) in [6, 6.07) is 5.14. The van der Waals surface area contributed by atoms with Gasteiger partial charge in [0.1, 0.15) is 11.8 Å². The highest BCUT2D eigenvalue weighted by Gasteiger charge is 2.76. The van der Waals surface area contributed by atoms with E-state index in [2.05, 4.69) is 17.1 Å². The van der Waals surface area contributed by atoms with Crippen LogP contribution in [0.1, 0.15) is 84.6 Å². The Kier molecular flexibility index (Phi) is 12.5. The number of benzene rings is 1. The molecule has 10 atom stereocenters. The lowest BCUT2D eigenvalue weighted by atomic mass is 9.46. The molecule has 1 aromatic carbocycles. The van der Waals surface area contributed by atoms with Gasteiger partial charge in [-0.15, -0.1) is 10.1 Å². The molecule has 1 heterocycles. The normalized spacial score (nSPS) is 32.7. The second-order valence-corrected chi connectivity index (χ2v) is 16.2. The molecule has 4 aliphatic carbocycles. The third kappa shape index (κ3) is 8.35. The van der Waals surface area contributed by atoms with Gasteiger partial charge in [0.2, 0.25) is 11.7 Å². The Balaban J connectivity index is 1.08. The molecule has 57 heavy (non-hydrogen) atoms. The number of aliphatic hydroxyl groups excluding tert-OH is 1. The second kappa shape index (κ2) is 17.0. The molecular weight excluding hydrogens is 744 g/mol. The van der Waals surface area contributed by atoms with Crippen molar-refractivity contribution in [3.8, 4) is 5.75 Å². The zero-order valence-electron chi connectivity index (χ0n) is 32.8. The minimum Gasteiger partial charge on any atom is -0.464 e. The molecule has 1 aliphatic heterocycles. The lowest BCUT2D eigenvalue weighted by Gasteiger charge is -2.59. The van der Waals surface area contributed by atoms with Crippen molar-refractivity contribution in [2.75, 3.05) is 19.8 Å². The first-order valence-corrected chi connectivity index (χ1v) is 19.7. The number of carbonyl (C=O) groups excluding carboxylic acids is 5. The number of rotatable bonds is 16. The Morgan fingerprint density at radius 1 is 1.11 bits per heavy atom. The molecule has 3 saturated carbocycles. The quantitative estimate of drug-likeness (QED) is 0.0774. The van der Waals surface area contributed by atoms with Crippen LogP contribution < -0.4 is 10.1 Å². The van der Waals surface area contributed by atoms with Gasteiger partial charge in [0.15, 0.2) is 24.3 Å². The number of aliphatic hydroxyl groups is 1. The van der Waals surface area contributed by atoms with Crippen LogP contribution in [0, 0.1) is 38.7 Å². The van der Waals surface area contributed by atoms with Gasteiger partial charge in [-0.05, 0) is 86.6 Å². The van der Waals surface area contributed by atoms with E-state index in [9.17, 15) is 39.2 Å². The molecule has 0 spiro atoms. The van der Waals surface area contributed by atoms with Crippen LogP contribution in [0.3, 0.4) is 0 Å². The number of amides is 1. The van der Waals surface area contributed by atoms with Gasteiger partial charge in [-0.2, -0.15) is 0 Å². The molecule has 310 valence electrons. The largest absolute Gasteiger partial charge is 0.514 e. The third-order valence-corrected chi connectivity index (χ3v) is 12.8. The van der Waals surface area contributed by atoms with Crippen molar-refractivity contribution in [1.29, 1.82) is 0 Å². The maximum atomic E-state index is 14.4. The zero-order chi connectivity index (χ0) is 41.1. The fourth-order valence-corrected chi connectivity index (χ4v) is 10.3. The molecule has 0 radical (unpaired) electrons. The van der Waals surface area contributed by atoms with Gasteiger partial charge >= 0.3 is 12.1 Å². The highest BCUT2D eigenvalue weighted by atomic mass is 16.9. The Hall–Kier alpha value is -4.67. The number of ketones is 2. The SMILES string of the molecule is CCCC1O[C@@H]2CC3C4CCC5=CC(=O)C=C[C@]5(C)C4[C@@H](O)C[C@]3(C)[C@]2(C(=O)COC(=O)Oc2ccc(CC(NC(C)=O)C(=O)OCCCCO[N+](=O)[O-])cc2)O1. The van der Waals surface area contributed by atoms with Gasteiger partial charge in [-0.1, -0.05) is 51.0 Å². The summed E-state index contributed by atoms with van der Waals surface area (Å²) in [4.78, 5) is 78.6. The van der Waals surface area contributed by atoms with E-state index in [0.29, 0.717) is 37.7 Å². The fourth-order valence-electron chi connectivity index (χ4n) is 10.3. The van der Waals surface area contributed by atoms with Crippen LogP contribution in [-0.4, -0.2) is 89.8 Å². The standard InChI is InChI=1S/C41H52N2O14/c1-5-8-35-56-34-21-30-29-14-11-26-20-27(45)15-16-39(26,3)36(29)32(46)22-40(30,4)41(34,57-35)33(47)23-53-38(49)55-28-12-9-25(10-13-28)19-31(42-24(2)44)37(48)52-17-6-7-18-54-43(50)51/h9-10,12-13,15-16,20,29-32,34-36,46H,5-8,11,14,17-19,21-23H2,1-4H3,(H,42,44)/t29?,30?,31?,32-,34+,35?,36?,39-,40-,41+/m0/s1. The van der Waals surface area contributed by atoms with Crippen LogP contribution in [0.25, 0.3) is 0 Å². The van der Waals surface area contributed by atoms with Crippen LogP contribution in [0.15, 0.2) is 48.1 Å². The number of carbonyl (C=O) groups is 5. The van der Waals surface area contributed by atoms with Gasteiger partial charge in [0, 0.05) is 30.1 Å². The molecule has 2 N–H and O–H groups in total. The second-order valence-electron chi connectivity index (χ2n) is 16.2. The molecule has 5 unspecified atom stereocenters. The minimum absolute atomic E-state index is 0.0175. The smallest absolute Gasteiger partial charge is 0.464 e. The van der Waals surface area contributed by atoms with Gasteiger partial charge in [0.05, 0.1) is 25.4 Å². The van der Waals surface area contributed by atoms with Crippen molar-refractivity contribution in [2.24, 2.45) is 28.6 Å². The van der Waals surface area contributed by atoms with Crippen LogP contribution in [0.5, 0.6) is 5.75 Å². The number of unbranched alkanes of at least 4 members (excludes halogenated alkanes) is 1. The number of fused-ring (bicyclic) bond motifs is 7. The monoisotopic (exact) mass is 796 g/mol. The van der Waals surface area contributed by atoms with Crippen LogP contribution in [0.4, 0.5) is 4.79 Å². The maximum absolute atomic E-state index is 14.4. The van der Waals surface area contributed by atoms with Gasteiger partial charge in [-0.3, -0.25) is 14.4 Å². The summed E-state index contributed by atoms with van der Waals surface area (Å²) in [7, 11) is 0. The summed E-state index contributed by atoms with van der Waals surface area (Å²) in [5.74, 6) is -1.67. The van der Waals surface area contributed by atoms with E-state index in [1.54, 1.807) is 24.3 Å². The molecule has 1 amide bonds.